The molecule has 0 spiro atoms. The third kappa shape index (κ3) is 3.54. The summed E-state index contributed by atoms with van der Waals surface area (Å²) >= 11 is 1.46. The monoisotopic (exact) mass is 280 g/mol. The average Bonchev–Trinajstić information content (AvgIpc) is 3.03. The van der Waals surface area contributed by atoms with Gasteiger partial charge in [0.2, 0.25) is 0 Å². The van der Waals surface area contributed by atoms with E-state index in [2.05, 4.69) is 25.0 Å². The van der Waals surface area contributed by atoms with Crippen molar-refractivity contribution >= 4 is 22.4 Å². The van der Waals surface area contributed by atoms with Crippen LogP contribution >= 0.6 is 11.3 Å². The molecule has 0 bridgehead atoms. The maximum Gasteiger partial charge on any atom is 0.357 e. The van der Waals surface area contributed by atoms with Crippen LogP contribution in [0.4, 0.5) is 5.13 Å². The number of aromatic nitrogens is 3. The van der Waals surface area contributed by atoms with Gasteiger partial charge in [-0.3, -0.25) is 0 Å². The van der Waals surface area contributed by atoms with E-state index in [0.29, 0.717) is 5.69 Å². The molecule has 0 fully saturated rings. The summed E-state index contributed by atoms with van der Waals surface area (Å²) in [6, 6.07) is 0. The Labute approximate surface area is 115 Å². The van der Waals surface area contributed by atoms with E-state index in [9.17, 15) is 4.79 Å². The first kappa shape index (κ1) is 13.5. The molecule has 0 aliphatic heterocycles. The van der Waals surface area contributed by atoms with Crippen LogP contribution in [0.15, 0.2) is 12.4 Å². The first-order valence-electron chi connectivity index (χ1n) is 5.98. The molecule has 0 aliphatic rings. The van der Waals surface area contributed by atoms with E-state index in [-0.39, 0.29) is 0 Å². The molecule has 7 heteroatoms. The van der Waals surface area contributed by atoms with Gasteiger partial charge >= 0.3 is 5.97 Å². The zero-order valence-electron chi connectivity index (χ0n) is 10.9. The number of nitrogens with zero attached hydrogens (tertiary/aromatic N) is 2. The van der Waals surface area contributed by atoms with Crippen LogP contribution in [0, 0.1) is 6.92 Å². The molecule has 2 heterocycles. The molecule has 0 amide bonds. The zero-order valence-corrected chi connectivity index (χ0v) is 11.7. The number of ether oxygens (including phenoxy) is 1. The molecular formula is C12H16N4O2S. The molecule has 2 rings (SSSR count). The van der Waals surface area contributed by atoms with Crippen LogP contribution in [0.25, 0.3) is 0 Å². The fourth-order valence-corrected chi connectivity index (χ4v) is 2.47. The van der Waals surface area contributed by atoms with Crippen molar-refractivity contribution in [2.24, 2.45) is 0 Å². The van der Waals surface area contributed by atoms with Gasteiger partial charge < -0.3 is 15.0 Å². The molecule has 19 heavy (non-hydrogen) atoms. The number of anilines is 1. The number of hydrogen-bond donors (Lipinski definition) is 2. The SMILES string of the molecule is COC(=O)c1nc(NCCCc2ncc[nH]2)sc1C. The zero-order chi connectivity index (χ0) is 13.7. The van der Waals surface area contributed by atoms with E-state index in [1.807, 2.05) is 13.1 Å². The van der Waals surface area contributed by atoms with Gasteiger partial charge in [-0.1, -0.05) is 0 Å². The Morgan fingerprint density at radius 3 is 3.11 bits per heavy atom. The van der Waals surface area contributed by atoms with Crippen LogP contribution in [0.5, 0.6) is 0 Å². The second kappa shape index (κ2) is 6.33. The minimum Gasteiger partial charge on any atom is -0.464 e. The molecule has 6 nitrogen and oxygen atoms in total. The van der Waals surface area contributed by atoms with Crippen molar-refractivity contribution in [1.82, 2.24) is 15.0 Å². The Morgan fingerprint density at radius 2 is 2.42 bits per heavy atom. The van der Waals surface area contributed by atoms with Gasteiger partial charge in [-0.05, 0) is 13.3 Å². The second-order valence-corrected chi connectivity index (χ2v) is 5.18. The maximum absolute atomic E-state index is 11.4. The van der Waals surface area contributed by atoms with E-state index in [1.54, 1.807) is 6.20 Å². The molecule has 0 aliphatic carbocycles. The summed E-state index contributed by atoms with van der Waals surface area (Å²) in [5, 5.41) is 3.95. The third-order valence-electron chi connectivity index (χ3n) is 2.60. The molecule has 2 aromatic rings. The van der Waals surface area contributed by atoms with Gasteiger partial charge in [-0.2, -0.15) is 0 Å². The van der Waals surface area contributed by atoms with Crippen molar-refractivity contribution in [2.45, 2.75) is 19.8 Å². The van der Waals surface area contributed by atoms with Crippen molar-refractivity contribution in [3.8, 4) is 0 Å². The van der Waals surface area contributed by atoms with Crippen molar-refractivity contribution in [1.29, 1.82) is 0 Å². The van der Waals surface area contributed by atoms with Crippen LogP contribution in [-0.2, 0) is 11.2 Å². The third-order valence-corrected chi connectivity index (χ3v) is 3.53. The fraction of sp³-hybridized carbons (Fsp3) is 0.417. The number of carbonyl (C=O) groups is 1. The van der Waals surface area contributed by atoms with Gasteiger partial charge in [0.05, 0.1) is 7.11 Å². The Balaban J connectivity index is 1.81. The van der Waals surface area contributed by atoms with Crippen molar-refractivity contribution in [3.05, 3.63) is 28.8 Å². The molecule has 2 N–H and O–H groups in total. The lowest BCUT2D eigenvalue weighted by Gasteiger charge is -2.00. The summed E-state index contributed by atoms with van der Waals surface area (Å²) < 4.78 is 4.67. The summed E-state index contributed by atoms with van der Waals surface area (Å²) in [5.74, 6) is 0.588. The van der Waals surface area contributed by atoms with Crippen LogP contribution in [0.1, 0.15) is 27.6 Å². The number of hydrogen-bond acceptors (Lipinski definition) is 6. The number of methoxy groups -OCH3 is 1. The molecular weight excluding hydrogens is 264 g/mol. The van der Waals surface area contributed by atoms with Gasteiger partial charge in [-0.25, -0.2) is 14.8 Å². The van der Waals surface area contributed by atoms with E-state index < -0.39 is 5.97 Å². The molecule has 2 aromatic heterocycles. The Bertz CT molecular complexity index is 536. The number of aryl methyl sites for hydroxylation is 2. The minimum absolute atomic E-state index is 0.390. The molecule has 0 atom stereocenters. The number of rotatable bonds is 6. The normalized spacial score (nSPS) is 10.4. The predicted molar refractivity (Wildman–Crippen MR) is 73.6 cm³/mol. The lowest BCUT2D eigenvalue weighted by molar-refractivity contribution is 0.0594. The van der Waals surface area contributed by atoms with E-state index in [0.717, 1.165) is 35.2 Å². The van der Waals surface area contributed by atoms with Crippen molar-refractivity contribution in [3.63, 3.8) is 0 Å². The van der Waals surface area contributed by atoms with Crippen LogP contribution in [0.3, 0.4) is 0 Å². The van der Waals surface area contributed by atoms with Gasteiger partial charge in [0, 0.05) is 30.2 Å². The molecule has 0 saturated carbocycles. The summed E-state index contributed by atoms with van der Waals surface area (Å²) in [4.78, 5) is 23.7. The molecule has 0 saturated heterocycles. The predicted octanol–water partition coefficient (Wildman–Crippen LogP) is 2.01. The summed E-state index contributed by atoms with van der Waals surface area (Å²) in [6.07, 6.45) is 5.39. The smallest absolute Gasteiger partial charge is 0.357 e. The quantitative estimate of drug-likeness (QED) is 0.625. The highest BCUT2D eigenvalue weighted by molar-refractivity contribution is 7.15. The first-order chi connectivity index (χ1) is 9.20. The molecule has 102 valence electrons. The van der Waals surface area contributed by atoms with E-state index in [1.165, 1.54) is 18.4 Å². The Hall–Kier alpha value is -1.89. The summed E-state index contributed by atoms with van der Waals surface area (Å²) in [6.45, 7) is 2.65. The van der Waals surface area contributed by atoms with Crippen LogP contribution in [0.2, 0.25) is 0 Å². The lowest BCUT2D eigenvalue weighted by Crippen LogP contribution is -2.06. The summed E-state index contributed by atoms with van der Waals surface area (Å²) in [7, 11) is 1.36. The van der Waals surface area contributed by atoms with Gasteiger partial charge in [-0.15, -0.1) is 11.3 Å². The fourth-order valence-electron chi connectivity index (χ4n) is 1.64. The highest BCUT2D eigenvalue weighted by Crippen LogP contribution is 2.22. The maximum atomic E-state index is 11.4. The van der Waals surface area contributed by atoms with Crippen LogP contribution < -0.4 is 5.32 Å². The number of esters is 1. The van der Waals surface area contributed by atoms with Crippen LogP contribution in [-0.4, -0.2) is 34.6 Å². The number of nitrogens with one attached hydrogen (secondary N) is 2. The van der Waals surface area contributed by atoms with Crippen molar-refractivity contribution in [2.75, 3.05) is 19.0 Å². The molecule has 0 unspecified atom stereocenters. The topological polar surface area (TPSA) is 79.9 Å². The number of imidazole rings is 1. The minimum atomic E-state index is -0.391. The highest BCUT2D eigenvalue weighted by Gasteiger charge is 2.15. The summed E-state index contributed by atoms with van der Waals surface area (Å²) in [5.41, 5.74) is 0.390. The standard InChI is InChI=1S/C12H16N4O2S/c1-8-10(11(17)18-2)16-12(19-8)15-5-3-4-9-13-6-7-14-9/h6-7H,3-5H2,1-2H3,(H,13,14)(H,15,16). The van der Waals surface area contributed by atoms with Gasteiger partial charge in [0.1, 0.15) is 5.82 Å². The first-order valence-corrected chi connectivity index (χ1v) is 6.80. The molecule has 0 radical (unpaired) electrons. The Morgan fingerprint density at radius 1 is 1.58 bits per heavy atom. The highest BCUT2D eigenvalue weighted by atomic mass is 32.1. The second-order valence-electron chi connectivity index (χ2n) is 3.98. The van der Waals surface area contributed by atoms with Crippen molar-refractivity contribution < 1.29 is 9.53 Å². The lowest BCUT2D eigenvalue weighted by atomic mass is 10.3. The van der Waals surface area contributed by atoms with Gasteiger partial charge in [0.15, 0.2) is 10.8 Å². The largest absolute Gasteiger partial charge is 0.464 e. The van der Waals surface area contributed by atoms with E-state index >= 15 is 0 Å². The Kier molecular flexibility index (Phi) is 4.51. The number of thiazole rings is 1. The number of carbonyl (C=O) groups excluding carboxylic acids is 1. The number of H-pyrrole nitrogens is 1. The number of aromatic amines is 1. The van der Waals surface area contributed by atoms with E-state index in [4.69, 9.17) is 0 Å². The van der Waals surface area contributed by atoms with Gasteiger partial charge in [0.25, 0.3) is 0 Å². The average molecular weight is 280 g/mol. The molecule has 0 aromatic carbocycles.